The lowest BCUT2D eigenvalue weighted by Gasteiger charge is -2.02. The van der Waals surface area contributed by atoms with Crippen molar-refractivity contribution in [2.24, 2.45) is 0 Å². The zero-order valence-electron chi connectivity index (χ0n) is 8.52. The monoisotopic (exact) mass is 209 g/mol. The molecule has 15 heavy (non-hydrogen) atoms. The van der Waals surface area contributed by atoms with Crippen LogP contribution in [0.1, 0.15) is 27.8 Å². The molecule has 0 aliphatic heterocycles. The summed E-state index contributed by atoms with van der Waals surface area (Å²) >= 11 is 0. The summed E-state index contributed by atoms with van der Waals surface area (Å²) in [5.74, 6) is -1.06. The zero-order chi connectivity index (χ0) is 11.3. The lowest BCUT2D eigenvalue weighted by Crippen LogP contribution is -2.09. The topological polar surface area (TPSA) is 65.5 Å². The fourth-order valence-corrected chi connectivity index (χ4v) is 0.988. The molecule has 0 bridgehead atoms. The van der Waals surface area contributed by atoms with Crippen LogP contribution < -0.4 is 0 Å². The van der Waals surface area contributed by atoms with Crippen LogP contribution in [0.2, 0.25) is 0 Å². The number of carbonyl (C=O) groups is 2. The Bertz CT molecular complexity index is 375. The minimum absolute atomic E-state index is 0.0862. The molecular weight excluding hydrogens is 198 g/mol. The molecule has 0 radical (unpaired) electrons. The van der Waals surface area contributed by atoms with Crippen LogP contribution in [0.15, 0.2) is 18.3 Å². The van der Waals surface area contributed by atoms with E-state index in [0.29, 0.717) is 0 Å². The number of hydrogen-bond donors (Lipinski definition) is 0. The number of aromatic nitrogens is 1. The van der Waals surface area contributed by atoms with E-state index >= 15 is 0 Å². The molecule has 0 unspecified atom stereocenters. The number of ether oxygens (including phenoxy) is 2. The number of carbonyl (C=O) groups excluding carboxylic acids is 2. The standard InChI is InChI=1S/C10H11NO4/c1-3-15-9(12)7-4-5-11-8(6-7)10(13)14-2/h4-6H,3H2,1-2H3. The summed E-state index contributed by atoms with van der Waals surface area (Å²) in [6.45, 7) is 2.00. The van der Waals surface area contributed by atoms with E-state index in [4.69, 9.17) is 4.74 Å². The van der Waals surface area contributed by atoms with Gasteiger partial charge in [0.15, 0.2) is 0 Å². The van der Waals surface area contributed by atoms with Gasteiger partial charge in [0.25, 0.3) is 0 Å². The zero-order valence-corrected chi connectivity index (χ0v) is 8.52. The lowest BCUT2D eigenvalue weighted by molar-refractivity contribution is 0.0526. The van der Waals surface area contributed by atoms with Gasteiger partial charge in [-0.3, -0.25) is 0 Å². The summed E-state index contributed by atoms with van der Waals surface area (Å²) in [7, 11) is 1.25. The van der Waals surface area contributed by atoms with Gasteiger partial charge < -0.3 is 9.47 Å². The summed E-state index contributed by atoms with van der Waals surface area (Å²) < 4.78 is 9.25. The Morgan fingerprint density at radius 2 is 2.13 bits per heavy atom. The molecule has 0 amide bonds. The van der Waals surface area contributed by atoms with Crippen molar-refractivity contribution in [3.63, 3.8) is 0 Å². The predicted molar refractivity (Wildman–Crippen MR) is 51.5 cm³/mol. The Morgan fingerprint density at radius 3 is 2.73 bits per heavy atom. The molecule has 80 valence electrons. The minimum Gasteiger partial charge on any atom is -0.464 e. The first-order valence-electron chi connectivity index (χ1n) is 4.40. The Balaban J connectivity index is 2.92. The molecule has 0 saturated heterocycles. The smallest absolute Gasteiger partial charge is 0.356 e. The Kier molecular flexibility index (Phi) is 3.79. The average molecular weight is 209 g/mol. The molecule has 5 nitrogen and oxygen atoms in total. The summed E-state index contributed by atoms with van der Waals surface area (Å²) in [5.41, 5.74) is 0.371. The molecule has 0 spiro atoms. The van der Waals surface area contributed by atoms with Gasteiger partial charge in [-0.2, -0.15) is 0 Å². The molecule has 0 aliphatic carbocycles. The van der Waals surface area contributed by atoms with E-state index < -0.39 is 11.9 Å². The third-order valence-electron chi connectivity index (χ3n) is 1.67. The van der Waals surface area contributed by atoms with Gasteiger partial charge in [0, 0.05) is 6.20 Å². The average Bonchev–Trinajstić information content (AvgIpc) is 2.28. The molecule has 0 atom stereocenters. The van der Waals surface area contributed by atoms with Crippen LogP contribution in [0, 0.1) is 0 Å². The van der Waals surface area contributed by atoms with Crippen molar-refractivity contribution in [2.75, 3.05) is 13.7 Å². The van der Waals surface area contributed by atoms with Crippen LogP contribution >= 0.6 is 0 Å². The third-order valence-corrected chi connectivity index (χ3v) is 1.67. The van der Waals surface area contributed by atoms with E-state index in [1.54, 1.807) is 6.92 Å². The highest BCUT2D eigenvalue weighted by molar-refractivity contribution is 5.93. The van der Waals surface area contributed by atoms with Crippen LogP contribution in [-0.4, -0.2) is 30.6 Å². The highest BCUT2D eigenvalue weighted by Crippen LogP contribution is 2.04. The van der Waals surface area contributed by atoms with Crippen LogP contribution in [-0.2, 0) is 9.47 Å². The van der Waals surface area contributed by atoms with E-state index in [0.717, 1.165) is 0 Å². The number of methoxy groups -OCH3 is 1. The van der Waals surface area contributed by atoms with Crippen LogP contribution in [0.25, 0.3) is 0 Å². The fourth-order valence-electron chi connectivity index (χ4n) is 0.988. The maximum Gasteiger partial charge on any atom is 0.356 e. The molecule has 1 rings (SSSR count). The molecule has 0 aliphatic rings. The van der Waals surface area contributed by atoms with Crippen molar-refractivity contribution in [1.29, 1.82) is 0 Å². The van der Waals surface area contributed by atoms with Crippen LogP contribution in [0.3, 0.4) is 0 Å². The maximum atomic E-state index is 11.3. The van der Waals surface area contributed by atoms with E-state index in [1.807, 2.05) is 0 Å². The second-order valence-corrected chi connectivity index (χ2v) is 2.64. The second kappa shape index (κ2) is 5.09. The number of esters is 2. The first kappa shape index (κ1) is 11.2. The molecule has 1 aromatic heterocycles. The molecule has 1 aromatic rings. The van der Waals surface area contributed by atoms with Gasteiger partial charge >= 0.3 is 11.9 Å². The molecular formula is C10H11NO4. The highest BCUT2D eigenvalue weighted by Gasteiger charge is 2.12. The van der Waals surface area contributed by atoms with Crippen LogP contribution in [0.5, 0.6) is 0 Å². The van der Waals surface area contributed by atoms with Crippen molar-refractivity contribution in [3.05, 3.63) is 29.6 Å². The summed E-state index contributed by atoms with van der Waals surface area (Å²) in [6, 6.07) is 2.81. The van der Waals surface area contributed by atoms with Gasteiger partial charge in [0.1, 0.15) is 5.69 Å². The third kappa shape index (κ3) is 2.77. The van der Waals surface area contributed by atoms with E-state index in [9.17, 15) is 9.59 Å². The van der Waals surface area contributed by atoms with Crippen molar-refractivity contribution >= 4 is 11.9 Å². The van der Waals surface area contributed by atoms with Gasteiger partial charge in [-0.25, -0.2) is 14.6 Å². The van der Waals surface area contributed by atoms with E-state index in [1.165, 1.54) is 25.4 Å². The normalized spacial score (nSPS) is 9.47. The summed E-state index contributed by atoms with van der Waals surface area (Å²) in [5, 5.41) is 0. The quantitative estimate of drug-likeness (QED) is 0.696. The molecule has 0 saturated carbocycles. The molecule has 0 fully saturated rings. The Labute approximate surface area is 87.0 Å². The Hall–Kier alpha value is -1.91. The van der Waals surface area contributed by atoms with Crippen molar-refractivity contribution in [1.82, 2.24) is 4.98 Å². The van der Waals surface area contributed by atoms with Gasteiger partial charge in [0.2, 0.25) is 0 Å². The first-order chi connectivity index (χ1) is 7.19. The minimum atomic E-state index is -0.582. The van der Waals surface area contributed by atoms with Gasteiger partial charge in [0.05, 0.1) is 19.3 Å². The van der Waals surface area contributed by atoms with Gasteiger partial charge in [-0.05, 0) is 19.1 Å². The first-order valence-corrected chi connectivity index (χ1v) is 4.40. The maximum absolute atomic E-state index is 11.3. The largest absolute Gasteiger partial charge is 0.464 e. The molecule has 0 aromatic carbocycles. The van der Waals surface area contributed by atoms with E-state index in [2.05, 4.69) is 9.72 Å². The molecule has 5 heteroatoms. The Morgan fingerprint density at radius 1 is 1.40 bits per heavy atom. The van der Waals surface area contributed by atoms with Crippen LogP contribution in [0.4, 0.5) is 0 Å². The molecule has 0 N–H and O–H groups in total. The second-order valence-electron chi connectivity index (χ2n) is 2.64. The number of nitrogens with zero attached hydrogens (tertiary/aromatic N) is 1. The lowest BCUT2D eigenvalue weighted by atomic mass is 10.2. The highest BCUT2D eigenvalue weighted by atomic mass is 16.5. The predicted octanol–water partition coefficient (Wildman–Crippen LogP) is 1.04. The van der Waals surface area contributed by atoms with Crippen molar-refractivity contribution in [3.8, 4) is 0 Å². The number of hydrogen-bond acceptors (Lipinski definition) is 5. The van der Waals surface area contributed by atoms with Crippen molar-refractivity contribution < 1.29 is 19.1 Å². The molecule has 1 heterocycles. The summed E-state index contributed by atoms with van der Waals surface area (Å²) in [4.78, 5) is 26.2. The van der Waals surface area contributed by atoms with E-state index in [-0.39, 0.29) is 17.9 Å². The number of rotatable bonds is 3. The fraction of sp³-hybridized carbons (Fsp3) is 0.300. The SMILES string of the molecule is CCOC(=O)c1ccnc(C(=O)OC)c1. The van der Waals surface area contributed by atoms with Crippen molar-refractivity contribution in [2.45, 2.75) is 6.92 Å². The van der Waals surface area contributed by atoms with Gasteiger partial charge in [-0.15, -0.1) is 0 Å². The van der Waals surface area contributed by atoms with Gasteiger partial charge in [-0.1, -0.05) is 0 Å². The summed E-state index contributed by atoms with van der Waals surface area (Å²) in [6.07, 6.45) is 1.36. The number of pyridine rings is 1.